The third-order valence-electron chi connectivity index (χ3n) is 7.36. The minimum absolute atomic E-state index is 0.0210. The number of aromatic nitrogens is 2. The van der Waals surface area contributed by atoms with E-state index in [2.05, 4.69) is 15.3 Å². The average Bonchev–Trinajstić information content (AvgIpc) is 3.46. The molecule has 2 aromatic rings. The third kappa shape index (κ3) is 6.73. The molecule has 1 aromatic heterocycles. The molecule has 41 heavy (non-hydrogen) atoms. The Morgan fingerprint density at radius 3 is 2.44 bits per heavy atom. The molecule has 15 heteroatoms. The van der Waals surface area contributed by atoms with E-state index in [0.29, 0.717) is 45.0 Å². The van der Waals surface area contributed by atoms with Gasteiger partial charge in [0.25, 0.3) is 0 Å². The number of sulfonamides is 1. The Morgan fingerprint density at radius 1 is 1.12 bits per heavy atom. The van der Waals surface area contributed by atoms with Crippen LogP contribution in [0.5, 0.6) is 5.88 Å². The number of carboxylic acid groups (broad SMARTS) is 1. The first-order valence-electron chi connectivity index (χ1n) is 13.2. The zero-order valence-corrected chi connectivity index (χ0v) is 22.8. The number of amides is 1. The van der Waals surface area contributed by atoms with Gasteiger partial charge in [-0.15, -0.1) is 0 Å². The molecule has 2 N–H and O–H groups in total. The Balaban J connectivity index is 1.20. The van der Waals surface area contributed by atoms with Gasteiger partial charge in [-0.05, 0) is 42.5 Å². The minimum atomic E-state index is -4.68. The summed E-state index contributed by atoms with van der Waals surface area (Å²) in [7, 11) is -3.76. The number of alkyl halides is 3. The number of piperidine rings is 1. The number of anilines is 1. The second-order valence-electron chi connectivity index (χ2n) is 10.1. The van der Waals surface area contributed by atoms with Crippen molar-refractivity contribution in [3.63, 3.8) is 0 Å². The molecule has 3 aliphatic rings. The van der Waals surface area contributed by atoms with Crippen molar-refractivity contribution in [2.75, 3.05) is 44.7 Å². The fraction of sp³-hybridized carbons (Fsp3) is 0.500. The molecule has 0 spiro atoms. The van der Waals surface area contributed by atoms with Gasteiger partial charge in [-0.1, -0.05) is 18.2 Å². The quantitative estimate of drug-likeness (QED) is 0.490. The normalized spacial score (nSPS) is 21.0. The van der Waals surface area contributed by atoms with Crippen LogP contribution in [-0.2, 0) is 20.9 Å². The van der Waals surface area contributed by atoms with Gasteiger partial charge in [-0.2, -0.15) is 22.5 Å². The number of benzene rings is 1. The first-order valence-corrected chi connectivity index (χ1v) is 14.7. The van der Waals surface area contributed by atoms with E-state index in [0.717, 1.165) is 11.1 Å². The zero-order valence-electron chi connectivity index (χ0n) is 22.0. The Kier molecular flexibility index (Phi) is 8.38. The molecule has 0 radical (unpaired) electrons. The third-order valence-corrected chi connectivity index (χ3v) is 9.27. The number of hydrogen-bond acceptors (Lipinski definition) is 8. The summed E-state index contributed by atoms with van der Waals surface area (Å²) in [6, 6.07) is 6.30. The van der Waals surface area contributed by atoms with E-state index in [1.54, 1.807) is 24.3 Å². The van der Waals surface area contributed by atoms with Crippen molar-refractivity contribution >= 4 is 27.6 Å². The van der Waals surface area contributed by atoms with Gasteiger partial charge in [0.05, 0.1) is 18.1 Å². The van der Waals surface area contributed by atoms with Crippen LogP contribution < -0.4 is 10.1 Å². The molecule has 222 valence electrons. The second-order valence-corrected chi connectivity index (χ2v) is 12.0. The van der Waals surface area contributed by atoms with Crippen LogP contribution in [0.15, 0.2) is 41.4 Å². The van der Waals surface area contributed by atoms with Crippen molar-refractivity contribution < 1.29 is 41.0 Å². The predicted molar refractivity (Wildman–Crippen MR) is 141 cm³/mol. The first kappa shape index (κ1) is 29.1. The summed E-state index contributed by atoms with van der Waals surface area (Å²) in [6.07, 6.45) is -1.84. The lowest BCUT2D eigenvalue weighted by Gasteiger charge is -2.31. The number of rotatable bonds is 7. The van der Waals surface area contributed by atoms with Crippen LogP contribution >= 0.6 is 0 Å². The van der Waals surface area contributed by atoms with Gasteiger partial charge < -0.3 is 24.8 Å². The summed E-state index contributed by atoms with van der Waals surface area (Å²) >= 11 is 0. The van der Waals surface area contributed by atoms with Gasteiger partial charge in [-0.3, -0.25) is 0 Å². The van der Waals surface area contributed by atoms with E-state index in [4.69, 9.17) is 14.6 Å². The summed E-state index contributed by atoms with van der Waals surface area (Å²) in [4.78, 5) is 20.4. The van der Waals surface area contributed by atoms with Crippen LogP contribution in [0.25, 0.3) is 5.57 Å². The first-order chi connectivity index (χ1) is 19.5. The standard InChI is InChI=1S/C26H30F3N5O6S/c27-26(28,29)22-15-30-24(32-23(22)40-20-9-14-39-16-20)31-19-7-12-34(13-8-19)41(37,38)21-3-1-17(2-4-21)18-5-10-33(11-6-18)25(35)36/h1-5,15,19-20H,6-14,16H2,(H,35,36)(H,30,31,32)/t20-/m0/s1. The van der Waals surface area contributed by atoms with E-state index in [-0.39, 0.29) is 43.1 Å². The minimum Gasteiger partial charge on any atom is -0.471 e. The van der Waals surface area contributed by atoms with Gasteiger partial charge >= 0.3 is 12.3 Å². The van der Waals surface area contributed by atoms with Crippen molar-refractivity contribution in [3.8, 4) is 5.88 Å². The molecular weight excluding hydrogens is 567 g/mol. The average molecular weight is 598 g/mol. The SMILES string of the molecule is O=C(O)N1CC=C(c2ccc(S(=O)(=O)N3CCC(Nc4ncc(C(F)(F)F)c(O[C@H]5CCOC5)n4)CC3)cc2)CC1. The largest absolute Gasteiger partial charge is 0.471 e. The summed E-state index contributed by atoms with van der Waals surface area (Å²) < 4.78 is 79.0. The van der Waals surface area contributed by atoms with Crippen molar-refractivity contribution in [1.29, 1.82) is 0 Å². The molecule has 3 aliphatic heterocycles. The second kappa shape index (κ2) is 11.8. The zero-order chi connectivity index (χ0) is 29.2. The molecule has 1 aromatic carbocycles. The highest BCUT2D eigenvalue weighted by Crippen LogP contribution is 2.36. The highest BCUT2D eigenvalue weighted by Gasteiger charge is 2.38. The Hall–Kier alpha value is -3.43. The topological polar surface area (TPSA) is 134 Å². The molecule has 0 unspecified atom stereocenters. The smallest absolute Gasteiger partial charge is 0.423 e. The lowest BCUT2D eigenvalue weighted by atomic mass is 10.00. The van der Waals surface area contributed by atoms with Crippen molar-refractivity contribution in [3.05, 3.63) is 47.7 Å². The van der Waals surface area contributed by atoms with Crippen LogP contribution in [0.1, 0.15) is 36.8 Å². The van der Waals surface area contributed by atoms with Gasteiger partial charge in [0.15, 0.2) is 0 Å². The Bertz CT molecular complexity index is 1390. The molecule has 0 saturated carbocycles. The maximum absolute atomic E-state index is 13.5. The Labute approximate surface area is 235 Å². The fourth-order valence-electron chi connectivity index (χ4n) is 5.00. The fourth-order valence-corrected chi connectivity index (χ4v) is 6.47. The van der Waals surface area contributed by atoms with Gasteiger partial charge in [0.1, 0.15) is 11.7 Å². The highest BCUT2D eigenvalue weighted by molar-refractivity contribution is 7.89. The van der Waals surface area contributed by atoms with Gasteiger partial charge in [0, 0.05) is 44.8 Å². The van der Waals surface area contributed by atoms with E-state index in [9.17, 15) is 26.4 Å². The summed E-state index contributed by atoms with van der Waals surface area (Å²) in [6.45, 7) is 1.67. The van der Waals surface area contributed by atoms with Crippen molar-refractivity contribution in [2.45, 2.75) is 48.9 Å². The highest BCUT2D eigenvalue weighted by atomic mass is 32.2. The molecule has 1 amide bonds. The molecule has 0 bridgehead atoms. The van der Waals surface area contributed by atoms with Gasteiger partial charge in [-0.25, -0.2) is 18.2 Å². The summed E-state index contributed by atoms with van der Waals surface area (Å²) in [5.41, 5.74) is 0.745. The molecule has 1 atom stereocenters. The van der Waals surface area contributed by atoms with E-state index in [1.807, 2.05) is 6.08 Å². The van der Waals surface area contributed by atoms with Crippen LogP contribution in [0.4, 0.5) is 23.9 Å². The number of ether oxygens (including phenoxy) is 2. The number of hydrogen-bond donors (Lipinski definition) is 2. The molecular formula is C26H30F3N5O6S. The van der Waals surface area contributed by atoms with E-state index in [1.165, 1.54) is 9.21 Å². The summed E-state index contributed by atoms with van der Waals surface area (Å²) in [5, 5.41) is 12.1. The van der Waals surface area contributed by atoms with E-state index < -0.39 is 39.8 Å². The molecule has 2 saturated heterocycles. The van der Waals surface area contributed by atoms with Crippen LogP contribution in [0.2, 0.25) is 0 Å². The maximum Gasteiger partial charge on any atom is 0.423 e. The maximum atomic E-state index is 13.5. The van der Waals surface area contributed by atoms with Crippen LogP contribution in [-0.4, -0.2) is 90.3 Å². The lowest BCUT2D eigenvalue weighted by molar-refractivity contribution is -0.139. The predicted octanol–water partition coefficient (Wildman–Crippen LogP) is 3.70. The van der Waals surface area contributed by atoms with E-state index >= 15 is 0 Å². The summed E-state index contributed by atoms with van der Waals surface area (Å²) in [5.74, 6) is -0.579. The number of carbonyl (C=O) groups is 1. The number of nitrogens with zero attached hydrogens (tertiary/aromatic N) is 4. The van der Waals surface area contributed by atoms with Gasteiger partial charge in [0.2, 0.25) is 21.9 Å². The van der Waals surface area contributed by atoms with Crippen molar-refractivity contribution in [1.82, 2.24) is 19.2 Å². The molecule has 5 rings (SSSR count). The van der Waals surface area contributed by atoms with Crippen LogP contribution in [0, 0.1) is 0 Å². The lowest BCUT2D eigenvalue weighted by Crippen LogP contribution is -2.42. The van der Waals surface area contributed by atoms with Crippen molar-refractivity contribution in [2.24, 2.45) is 0 Å². The number of halogens is 3. The molecule has 2 fully saturated rings. The van der Waals surface area contributed by atoms with Crippen LogP contribution in [0.3, 0.4) is 0 Å². The molecule has 0 aliphatic carbocycles. The molecule has 4 heterocycles. The monoisotopic (exact) mass is 597 g/mol. The Morgan fingerprint density at radius 2 is 1.85 bits per heavy atom. The molecule has 11 nitrogen and oxygen atoms in total. The number of nitrogens with one attached hydrogen (secondary N) is 1.